The molecule has 1 atom stereocenters. The molecule has 5 nitrogen and oxygen atoms in total. The molecule has 5 heteroatoms. The minimum atomic E-state index is -0.898. The zero-order chi connectivity index (χ0) is 14.3. The average molecular weight is 268 g/mol. The second-order valence-corrected chi connectivity index (χ2v) is 4.86. The SMILES string of the molecule is C=CCN(CC)C(=O)N1CCCCCCC1C(=O)O. The van der Waals surface area contributed by atoms with Gasteiger partial charge in [-0.05, 0) is 19.8 Å². The Labute approximate surface area is 114 Å². The molecule has 1 heterocycles. The first kappa shape index (κ1) is 15.5. The molecule has 0 radical (unpaired) electrons. The molecule has 1 unspecified atom stereocenters. The molecule has 1 rings (SSSR count). The second kappa shape index (κ2) is 7.81. The molecule has 0 aromatic rings. The molecule has 0 saturated carbocycles. The molecule has 1 aliphatic rings. The third-order valence-electron chi connectivity index (χ3n) is 3.54. The Morgan fingerprint density at radius 2 is 2.05 bits per heavy atom. The van der Waals surface area contributed by atoms with Crippen LogP contribution in [0.15, 0.2) is 12.7 Å². The number of carboxylic acid groups (broad SMARTS) is 1. The molecule has 1 saturated heterocycles. The zero-order valence-electron chi connectivity index (χ0n) is 11.7. The normalized spacial score (nSPS) is 20.3. The summed E-state index contributed by atoms with van der Waals surface area (Å²) in [7, 11) is 0. The molecule has 0 aromatic carbocycles. The summed E-state index contributed by atoms with van der Waals surface area (Å²) >= 11 is 0. The summed E-state index contributed by atoms with van der Waals surface area (Å²) in [5.41, 5.74) is 0. The number of likely N-dealkylation sites (tertiary alicyclic amines) is 1. The van der Waals surface area contributed by atoms with Gasteiger partial charge in [0.2, 0.25) is 0 Å². The van der Waals surface area contributed by atoms with Crippen LogP contribution in [0.25, 0.3) is 0 Å². The van der Waals surface area contributed by atoms with Crippen molar-refractivity contribution in [2.45, 2.75) is 45.1 Å². The van der Waals surface area contributed by atoms with Gasteiger partial charge in [0.05, 0.1) is 0 Å². The highest BCUT2D eigenvalue weighted by Crippen LogP contribution is 2.18. The van der Waals surface area contributed by atoms with Crippen molar-refractivity contribution in [1.82, 2.24) is 9.80 Å². The molecular weight excluding hydrogens is 244 g/mol. The molecule has 1 fully saturated rings. The lowest BCUT2D eigenvalue weighted by atomic mass is 10.0. The fraction of sp³-hybridized carbons (Fsp3) is 0.714. The molecule has 0 aromatic heterocycles. The molecule has 0 aliphatic carbocycles. The number of likely N-dealkylation sites (N-methyl/N-ethyl adjacent to an activating group) is 1. The van der Waals surface area contributed by atoms with Gasteiger partial charge in [-0.1, -0.05) is 25.3 Å². The minimum Gasteiger partial charge on any atom is -0.480 e. The number of aliphatic carboxylic acids is 1. The zero-order valence-corrected chi connectivity index (χ0v) is 11.7. The van der Waals surface area contributed by atoms with E-state index in [1.54, 1.807) is 11.0 Å². The first-order valence-corrected chi connectivity index (χ1v) is 7.01. The number of nitrogens with zero attached hydrogens (tertiary/aromatic N) is 2. The maximum Gasteiger partial charge on any atom is 0.326 e. The maximum atomic E-state index is 12.4. The Morgan fingerprint density at radius 3 is 2.63 bits per heavy atom. The van der Waals surface area contributed by atoms with Crippen molar-refractivity contribution in [3.05, 3.63) is 12.7 Å². The summed E-state index contributed by atoms with van der Waals surface area (Å²) < 4.78 is 0. The second-order valence-electron chi connectivity index (χ2n) is 4.86. The summed E-state index contributed by atoms with van der Waals surface area (Å²) in [5, 5.41) is 9.33. The van der Waals surface area contributed by atoms with Crippen molar-refractivity contribution in [2.75, 3.05) is 19.6 Å². The molecule has 2 amide bonds. The molecule has 19 heavy (non-hydrogen) atoms. The van der Waals surface area contributed by atoms with Crippen molar-refractivity contribution in [2.24, 2.45) is 0 Å². The minimum absolute atomic E-state index is 0.184. The lowest BCUT2D eigenvalue weighted by Crippen LogP contribution is -2.51. The van der Waals surface area contributed by atoms with Gasteiger partial charge in [-0.2, -0.15) is 0 Å². The van der Waals surface area contributed by atoms with Crippen LogP contribution in [0, 0.1) is 0 Å². The number of amides is 2. The topological polar surface area (TPSA) is 60.9 Å². The van der Waals surface area contributed by atoms with E-state index in [2.05, 4.69) is 6.58 Å². The van der Waals surface area contributed by atoms with Crippen LogP contribution in [0.3, 0.4) is 0 Å². The summed E-state index contributed by atoms with van der Waals surface area (Å²) in [6.45, 7) is 7.08. The lowest BCUT2D eigenvalue weighted by Gasteiger charge is -2.34. The van der Waals surface area contributed by atoms with Crippen LogP contribution in [-0.4, -0.2) is 52.6 Å². The predicted molar refractivity (Wildman–Crippen MR) is 74.1 cm³/mol. The molecular formula is C14H24N2O3. The van der Waals surface area contributed by atoms with Gasteiger partial charge >= 0.3 is 12.0 Å². The van der Waals surface area contributed by atoms with Crippen molar-refractivity contribution in [3.8, 4) is 0 Å². The van der Waals surface area contributed by atoms with Crippen LogP contribution in [0.1, 0.15) is 39.0 Å². The van der Waals surface area contributed by atoms with Gasteiger partial charge in [0.15, 0.2) is 0 Å². The van der Waals surface area contributed by atoms with E-state index < -0.39 is 12.0 Å². The number of carbonyl (C=O) groups excluding carboxylic acids is 1. The van der Waals surface area contributed by atoms with Gasteiger partial charge in [0, 0.05) is 19.6 Å². The van der Waals surface area contributed by atoms with Crippen molar-refractivity contribution in [1.29, 1.82) is 0 Å². The summed E-state index contributed by atoms with van der Waals surface area (Å²) in [5.74, 6) is -0.898. The van der Waals surface area contributed by atoms with E-state index in [-0.39, 0.29) is 6.03 Å². The molecule has 1 aliphatic heterocycles. The van der Waals surface area contributed by atoms with E-state index in [0.717, 1.165) is 25.7 Å². The van der Waals surface area contributed by atoms with E-state index in [0.29, 0.717) is 26.1 Å². The van der Waals surface area contributed by atoms with E-state index in [1.165, 1.54) is 4.90 Å². The van der Waals surface area contributed by atoms with Crippen molar-refractivity contribution >= 4 is 12.0 Å². The first-order valence-electron chi connectivity index (χ1n) is 7.01. The lowest BCUT2D eigenvalue weighted by molar-refractivity contribution is -0.142. The largest absolute Gasteiger partial charge is 0.480 e. The number of rotatable bonds is 4. The standard InChI is InChI=1S/C14H24N2O3/c1-3-10-15(4-2)14(19)16-11-8-6-5-7-9-12(16)13(17)18/h3,12H,1,4-11H2,2H3,(H,17,18). The van der Waals surface area contributed by atoms with Gasteiger partial charge in [-0.25, -0.2) is 9.59 Å². The van der Waals surface area contributed by atoms with Gasteiger partial charge in [-0.15, -0.1) is 6.58 Å². The Hall–Kier alpha value is -1.52. The fourth-order valence-corrected chi connectivity index (χ4v) is 2.45. The number of carboxylic acids is 1. The smallest absolute Gasteiger partial charge is 0.326 e. The maximum absolute atomic E-state index is 12.4. The summed E-state index contributed by atoms with van der Waals surface area (Å²) in [6, 6.07) is -0.872. The van der Waals surface area contributed by atoms with Crippen LogP contribution < -0.4 is 0 Å². The summed E-state index contributed by atoms with van der Waals surface area (Å²) in [4.78, 5) is 27.0. The van der Waals surface area contributed by atoms with Gasteiger partial charge in [0.25, 0.3) is 0 Å². The first-order chi connectivity index (χ1) is 9.11. The quantitative estimate of drug-likeness (QED) is 0.796. The molecule has 108 valence electrons. The van der Waals surface area contributed by atoms with Crippen LogP contribution in [0.4, 0.5) is 4.79 Å². The van der Waals surface area contributed by atoms with E-state index in [4.69, 9.17) is 0 Å². The third-order valence-corrected chi connectivity index (χ3v) is 3.54. The van der Waals surface area contributed by atoms with Gasteiger partial charge in [-0.3, -0.25) is 0 Å². The van der Waals surface area contributed by atoms with Crippen LogP contribution in [-0.2, 0) is 4.79 Å². The average Bonchev–Trinajstić information content (AvgIpc) is 2.34. The van der Waals surface area contributed by atoms with Crippen LogP contribution in [0.2, 0.25) is 0 Å². The number of urea groups is 1. The van der Waals surface area contributed by atoms with Gasteiger partial charge < -0.3 is 14.9 Å². The Kier molecular flexibility index (Phi) is 6.39. The number of carbonyl (C=O) groups is 2. The summed E-state index contributed by atoms with van der Waals surface area (Å²) in [6.07, 6.45) is 6.07. The van der Waals surface area contributed by atoms with Crippen LogP contribution in [0.5, 0.6) is 0 Å². The highest BCUT2D eigenvalue weighted by Gasteiger charge is 2.31. The Balaban J connectivity index is 2.84. The number of hydrogen-bond donors (Lipinski definition) is 1. The van der Waals surface area contributed by atoms with E-state index in [1.807, 2.05) is 6.92 Å². The van der Waals surface area contributed by atoms with E-state index in [9.17, 15) is 14.7 Å². The highest BCUT2D eigenvalue weighted by molar-refractivity contribution is 5.82. The van der Waals surface area contributed by atoms with Crippen molar-refractivity contribution < 1.29 is 14.7 Å². The van der Waals surface area contributed by atoms with Crippen molar-refractivity contribution in [3.63, 3.8) is 0 Å². The Bertz CT molecular complexity index is 331. The van der Waals surface area contributed by atoms with E-state index >= 15 is 0 Å². The highest BCUT2D eigenvalue weighted by atomic mass is 16.4. The van der Waals surface area contributed by atoms with Gasteiger partial charge in [0.1, 0.15) is 6.04 Å². The number of hydrogen-bond acceptors (Lipinski definition) is 2. The molecule has 1 N–H and O–H groups in total. The fourth-order valence-electron chi connectivity index (χ4n) is 2.45. The van der Waals surface area contributed by atoms with Crippen LogP contribution >= 0.6 is 0 Å². The predicted octanol–water partition coefficient (Wildman–Crippen LogP) is 2.33. The molecule has 0 bridgehead atoms. The third kappa shape index (κ3) is 4.26. The molecule has 0 spiro atoms. The Morgan fingerprint density at radius 1 is 1.37 bits per heavy atom. The monoisotopic (exact) mass is 268 g/mol.